The summed E-state index contributed by atoms with van der Waals surface area (Å²) in [5.41, 5.74) is -0.400. The molecule has 0 bridgehead atoms. The number of carbonyl (C=O) groups is 2. The smallest absolute Gasteiger partial charge is 0.337 e. The topological polar surface area (TPSA) is 94.8 Å². The first kappa shape index (κ1) is 15.0. The average Bonchev–Trinajstić information content (AvgIpc) is 2.34. The number of aryl methyl sites for hydroxylation is 1. The first-order valence-electron chi connectivity index (χ1n) is 5.36. The third-order valence-corrected chi connectivity index (χ3v) is 2.56. The lowest BCUT2D eigenvalue weighted by Gasteiger charge is -2.13. The second kappa shape index (κ2) is 6.24. The van der Waals surface area contributed by atoms with Gasteiger partial charge < -0.3 is 15.3 Å². The van der Waals surface area contributed by atoms with E-state index >= 15 is 0 Å². The molecule has 0 amide bonds. The minimum absolute atomic E-state index is 0.0431. The number of carboxylic acid groups (broad SMARTS) is 2. The number of benzene rings is 1. The first-order chi connectivity index (χ1) is 8.82. The van der Waals surface area contributed by atoms with Crippen LogP contribution >= 0.6 is 0 Å². The molecular formula is C12H12F2O5. The molecule has 1 rings (SSSR count). The first-order valence-corrected chi connectivity index (χ1v) is 5.36. The maximum Gasteiger partial charge on any atom is 0.337 e. The third kappa shape index (κ3) is 3.99. The van der Waals surface area contributed by atoms with Gasteiger partial charge in [0.25, 0.3) is 6.43 Å². The van der Waals surface area contributed by atoms with Gasteiger partial charge in [-0.1, -0.05) is 12.1 Å². The zero-order valence-corrected chi connectivity index (χ0v) is 9.72. The summed E-state index contributed by atoms with van der Waals surface area (Å²) in [7, 11) is 0. The molecule has 0 aromatic heterocycles. The highest BCUT2D eigenvalue weighted by molar-refractivity contribution is 5.75. The second-order valence-corrected chi connectivity index (χ2v) is 3.89. The molecule has 0 saturated carbocycles. The van der Waals surface area contributed by atoms with Crippen LogP contribution in [0.4, 0.5) is 8.78 Å². The van der Waals surface area contributed by atoms with Crippen LogP contribution < -0.4 is 0 Å². The van der Waals surface area contributed by atoms with Gasteiger partial charge in [0.15, 0.2) is 6.10 Å². The standard InChI is InChI=1S/C12H12F2O5/c13-11(14)7-2-1-6(3-4-9(15)16)8(5-7)10(17)12(18)19/h1-2,5,10-11,17H,3-4H2,(H,15,16)(H,18,19). The number of halogens is 2. The van der Waals surface area contributed by atoms with Crippen LogP contribution in [0, 0.1) is 0 Å². The Bertz CT molecular complexity index is 487. The van der Waals surface area contributed by atoms with E-state index in [0.717, 1.165) is 12.1 Å². The summed E-state index contributed by atoms with van der Waals surface area (Å²) in [6.45, 7) is 0. The number of hydrogen-bond donors (Lipinski definition) is 3. The quantitative estimate of drug-likeness (QED) is 0.734. The van der Waals surface area contributed by atoms with Crippen LogP contribution in [0.1, 0.15) is 35.6 Å². The zero-order chi connectivity index (χ0) is 14.6. The van der Waals surface area contributed by atoms with Crippen molar-refractivity contribution in [3.05, 3.63) is 34.9 Å². The van der Waals surface area contributed by atoms with Crippen LogP contribution in [-0.4, -0.2) is 27.3 Å². The van der Waals surface area contributed by atoms with E-state index in [0.29, 0.717) is 0 Å². The number of aliphatic hydroxyl groups excluding tert-OH is 1. The maximum absolute atomic E-state index is 12.5. The van der Waals surface area contributed by atoms with E-state index in [4.69, 9.17) is 10.2 Å². The molecule has 104 valence electrons. The molecule has 0 aliphatic rings. The Morgan fingerprint density at radius 2 is 1.84 bits per heavy atom. The van der Waals surface area contributed by atoms with Crippen LogP contribution in [0.3, 0.4) is 0 Å². The molecule has 1 aromatic rings. The molecular weight excluding hydrogens is 262 g/mol. The van der Waals surface area contributed by atoms with Crippen molar-refractivity contribution in [2.45, 2.75) is 25.4 Å². The van der Waals surface area contributed by atoms with Crippen molar-refractivity contribution < 1.29 is 33.7 Å². The van der Waals surface area contributed by atoms with Gasteiger partial charge in [-0.3, -0.25) is 4.79 Å². The highest BCUT2D eigenvalue weighted by atomic mass is 19.3. The van der Waals surface area contributed by atoms with Crippen molar-refractivity contribution in [3.8, 4) is 0 Å². The van der Waals surface area contributed by atoms with E-state index < -0.39 is 30.0 Å². The van der Waals surface area contributed by atoms with Gasteiger partial charge in [-0.15, -0.1) is 0 Å². The molecule has 1 aromatic carbocycles. The van der Waals surface area contributed by atoms with E-state index in [1.165, 1.54) is 6.07 Å². The average molecular weight is 274 g/mol. The summed E-state index contributed by atoms with van der Waals surface area (Å²) >= 11 is 0. The molecule has 3 N–H and O–H groups in total. The third-order valence-electron chi connectivity index (χ3n) is 2.56. The maximum atomic E-state index is 12.5. The fraction of sp³-hybridized carbons (Fsp3) is 0.333. The van der Waals surface area contributed by atoms with Crippen molar-refractivity contribution in [1.82, 2.24) is 0 Å². The lowest BCUT2D eigenvalue weighted by Crippen LogP contribution is -2.14. The molecule has 19 heavy (non-hydrogen) atoms. The van der Waals surface area contributed by atoms with Gasteiger partial charge in [0.05, 0.1) is 0 Å². The monoisotopic (exact) mass is 274 g/mol. The predicted octanol–water partition coefficient (Wildman–Crippen LogP) is 1.76. The summed E-state index contributed by atoms with van der Waals surface area (Å²) in [4.78, 5) is 21.2. The number of carboxylic acids is 2. The molecule has 0 saturated heterocycles. The molecule has 0 radical (unpaired) electrons. The lowest BCUT2D eigenvalue weighted by atomic mass is 9.96. The Hall–Kier alpha value is -2.02. The van der Waals surface area contributed by atoms with Crippen molar-refractivity contribution in [2.75, 3.05) is 0 Å². The number of rotatable bonds is 6. The van der Waals surface area contributed by atoms with E-state index in [1.54, 1.807) is 0 Å². The van der Waals surface area contributed by atoms with Crippen LogP contribution in [0.15, 0.2) is 18.2 Å². The SMILES string of the molecule is O=C(O)CCc1ccc(C(F)F)cc1C(O)C(=O)O. The number of alkyl halides is 2. The largest absolute Gasteiger partial charge is 0.481 e. The summed E-state index contributed by atoms with van der Waals surface area (Å²) in [5.74, 6) is -2.68. The number of aliphatic carboxylic acids is 2. The van der Waals surface area contributed by atoms with Gasteiger partial charge in [-0.25, -0.2) is 13.6 Å². The lowest BCUT2D eigenvalue weighted by molar-refractivity contribution is -0.147. The minimum atomic E-state index is -2.80. The zero-order valence-electron chi connectivity index (χ0n) is 9.72. The van der Waals surface area contributed by atoms with E-state index in [9.17, 15) is 23.5 Å². The molecule has 0 aliphatic carbocycles. The Kier molecular flexibility index (Phi) is 4.94. The van der Waals surface area contributed by atoms with Gasteiger partial charge >= 0.3 is 11.9 Å². The molecule has 0 spiro atoms. The fourth-order valence-electron chi connectivity index (χ4n) is 1.61. The van der Waals surface area contributed by atoms with Gasteiger partial charge in [0, 0.05) is 12.0 Å². The highest BCUT2D eigenvalue weighted by Crippen LogP contribution is 2.26. The molecule has 1 atom stereocenters. The van der Waals surface area contributed by atoms with Crippen LogP contribution in [0.5, 0.6) is 0 Å². The van der Waals surface area contributed by atoms with Gasteiger partial charge in [0.1, 0.15) is 0 Å². The van der Waals surface area contributed by atoms with E-state index in [2.05, 4.69) is 0 Å². The van der Waals surface area contributed by atoms with Crippen molar-refractivity contribution in [1.29, 1.82) is 0 Å². The predicted molar refractivity (Wildman–Crippen MR) is 60.0 cm³/mol. The van der Waals surface area contributed by atoms with Gasteiger partial charge in [-0.2, -0.15) is 0 Å². The van der Waals surface area contributed by atoms with Crippen LogP contribution in [0.2, 0.25) is 0 Å². The summed E-state index contributed by atoms with van der Waals surface area (Å²) in [6, 6.07) is 3.19. The summed E-state index contributed by atoms with van der Waals surface area (Å²) in [5, 5.41) is 26.7. The van der Waals surface area contributed by atoms with Crippen LogP contribution in [-0.2, 0) is 16.0 Å². The summed E-state index contributed by atoms with van der Waals surface area (Å²) < 4.78 is 25.1. The van der Waals surface area contributed by atoms with Gasteiger partial charge in [-0.05, 0) is 23.6 Å². The second-order valence-electron chi connectivity index (χ2n) is 3.89. The van der Waals surface area contributed by atoms with Crippen LogP contribution in [0.25, 0.3) is 0 Å². The number of aliphatic hydroxyl groups is 1. The van der Waals surface area contributed by atoms with Crippen molar-refractivity contribution >= 4 is 11.9 Å². The fourth-order valence-corrected chi connectivity index (χ4v) is 1.61. The molecule has 0 fully saturated rings. The minimum Gasteiger partial charge on any atom is -0.481 e. The Balaban J connectivity index is 3.14. The van der Waals surface area contributed by atoms with Crippen molar-refractivity contribution in [3.63, 3.8) is 0 Å². The van der Waals surface area contributed by atoms with E-state index in [-0.39, 0.29) is 24.0 Å². The number of hydrogen-bond acceptors (Lipinski definition) is 3. The molecule has 1 unspecified atom stereocenters. The Labute approximate surface area is 107 Å². The molecule has 0 aliphatic heterocycles. The van der Waals surface area contributed by atoms with E-state index in [1.807, 2.05) is 0 Å². The Morgan fingerprint density at radius 1 is 1.21 bits per heavy atom. The van der Waals surface area contributed by atoms with Gasteiger partial charge in [0.2, 0.25) is 0 Å². The highest BCUT2D eigenvalue weighted by Gasteiger charge is 2.22. The Morgan fingerprint density at radius 3 is 2.32 bits per heavy atom. The normalized spacial score (nSPS) is 12.4. The summed E-state index contributed by atoms with van der Waals surface area (Å²) in [6.07, 6.45) is -5.08. The molecule has 0 heterocycles. The molecule has 5 nitrogen and oxygen atoms in total. The van der Waals surface area contributed by atoms with Crippen molar-refractivity contribution in [2.24, 2.45) is 0 Å². The molecule has 7 heteroatoms.